The van der Waals surface area contributed by atoms with Gasteiger partial charge in [-0.1, -0.05) is 50.1 Å². The van der Waals surface area contributed by atoms with E-state index in [0.29, 0.717) is 24.8 Å². The Kier molecular flexibility index (Phi) is 5.23. The molecule has 1 aromatic heterocycles. The van der Waals surface area contributed by atoms with Crippen molar-refractivity contribution in [1.29, 1.82) is 0 Å². The van der Waals surface area contributed by atoms with E-state index in [0.717, 1.165) is 29.0 Å². The van der Waals surface area contributed by atoms with Crippen LogP contribution in [0.1, 0.15) is 44.9 Å². The van der Waals surface area contributed by atoms with Gasteiger partial charge >= 0.3 is 0 Å². The van der Waals surface area contributed by atoms with Crippen molar-refractivity contribution in [3.8, 4) is 5.69 Å². The van der Waals surface area contributed by atoms with Gasteiger partial charge in [-0.3, -0.25) is 9.36 Å². The van der Waals surface area contributed by atoms with E-state index in [-0.39, 0.29) is 5.91 Å². The Morgan fingerprint density at radius 2 is 1.81 bits per heavy atom. The fourth-order valence-electron chi connectivity index (χ4n) is 4.14. The van der Waals surface area contributed by atoms with Gasteiger partial charge in [0, 0.05) is 24.6 Å². The predicted octanol–water partition coefficient (Wildman–Crippen LogP) is 4.65. The average molecular weight is 361 g/mol. The van der Waals surface area contributed by atoms with E-state index in [1.807, 2.05) is 36.4 Å². The first-order valence-corrected chi connectivity index (χ1v) is 10.0. The van der Waals surface area contributed by atoms with Gasteiger partial charge in [0.05, 0.1) is 11.0 Å². The first kappa shape index (κ1) is 17.8. The Morgan fingerprint density at radius 1 is 1.07 bits per heavy atom. The highest BCUT2D eigenvalue weighted by Crippen LogP contribution is 2.24. The van der Waals surface area contributed by atoms with E-state index >= 15 is 0 Å². The molecule has 3 aromatic rings. The number of fused-ring (bicyclic) bond motifs is 1. The van der Waals surface area contributed by atoms with Crippen LogP contribution in [0.25, 0.3) is 16.7 Å². The number of rotatable bonds is 5. The van der Waals surface area contributed by atoms with Crippen LogP contribution < -0.4 is 5.32 Å². The third-order valence-corrected chi connectivity index (χ3v) is 5.68. The highest BCUT2D eigenvalue weighted by Gasteiger charge is 2.23. The number of carbonyl (C=O) groups is 1. The first-order valence-electron chi connectivity index (χ1n) is 10.0. The molecule has 0 saturated heterocycles. The first-order chi connectivity index (χ1) is 13.2. The van der Waals surface area contributed by atoms with Crippen molar-refractivity contribution in [3.63, 3.8) is 0 Å². The van der Waals surface area contributed by atoms with Crippen LogP contribution in [-0.2, 0) is 11.2 Å². The minimum Gasteiger partial charge on any atom is -0.353 e. The molecule has 1 fully saturated rings. The fraction of sp³-hybridized carbons (Fsp3) is 0.391. The number of benzene rings is 2. The zero-order chi connectivity index (χ0) is 18.6. The van der Waals surface area contributed by atoms with Crippen molar-refractivity contribution < 1.29 is 4.79 Å². The largest absolute Gasteiger partial charge is 0.353 e. The van der Waals surface area contributed by atoms with Crippen LogP contribution in [0, 0.1) is 5.92 Å². The van der Waals surface area contributed by atoms with Crippen molar-refractivity contribution in [2.75, 3.05) is 0 Å². The molecule has 1 saturated carbocycles. The molecule has 4 nitrogen and oxygen atoms in total. The van der Waals surface area contributed by atoms with Crippen molar-refractivity contribution in [1.82, 2.24) is 14.9 Å². The second-order valence-electron chi connectivity index (χ2n) is 7.62. The molecule has 1 aliphatic rings. The molecule has 1 aliphatic carbocycles. The van der Waals surface area contributed by atoms with Gasteiger partial charge in [0.1, 0.15) is 5.82 Å². The number of hydrogen-bond acceptors (Lipinski definition) is 2. The molecule has 27 heavy (non-hydrogen) atoms. The summed E-state index contributed by atoms with van der Waals surface area (Å²) in [6, 6.07) is 18.7. The SMILES string of the molecule is CC1CCCCC1NC(=O)CCc1nc2ccccc2n1-c1ccccc1. The van der Waals surface area contributed by atoms with Crippen molar-refractivity contribution >= 4 is 16.9 Å². The molecule has 140 valence electrons. The molecule has 0 aliphatic heterocycles. The van der Waals surface area contributed by atoms with Crippen LogP contribution in [0.5, 0.6) is 0 Å². The van der Waals surface area contributed by atoms with E-state index < -0.39 is 0 Å². The van der Waals surface area contributed by atoms with Crippen molar-refractivity contribution in [2.24, 2.45) is 5.92 Å². The highest BCUT2D eigenvalue weighted by atomic mass is 16.1. The number of aromatic nitrogens is 2. The van der Waals surface area contributed by atoms with Gasteiger partial charge in [-0.25, -0.2) is 4.98 Å². The molecule has 1 N–H and O–H groups in total. The van der Waals surface area contributed by atoms with E-state index in [1.165, 1.54) is 19.3 Å². The van der Waals surface area contributed by atoms with Gasteiger partial charge in [-0.15, -0.1) is 0 Å². The lowest BCUT2D eigenvalue weighted by molar-refractivity contribution is -0.122. The van der Waals surface area contributed by atoms with Crippen LogP contribution in [-0.4, -0.2) is 21.5 Å². The number of nitrogens with zero attached hydrogens (tertiary/aromatic N) is 2. The van der Waals surface area contributed by atoms with Gasteiger partial charge in [-0.2, -0.15) is 0 Å². The lowest BCUT2D eigenvalue weighted by Gasteiger charge is -2.29. The lowest BCUT2D eigenvalue weighted by atomic mass is 9.86. The Hall–Kier alpha value is -2.62. The number of nitrogens with one attached hydrogen (secondary N) is 1. The molecule has 2 atom stereocenters. The highest BCUT2D eigenvalue weighted by molar-refractivity contribution is 5.79. The summed E-state index contributed by atoms with van der Waals surface area (Å²) in [6.07, 6.45) is 5.94. The summed E-state index contributed by atoms with van der Waals surface area (Å²) in [5.41, 5.74) is 3.14. The van der Waals surface area contributed by atoms with E-state index in [1.54, 1.807) is 0 Å². The molecular weight excluding hydrogens is 334 g/mol. The molecule has 4 rings (SSSR count). The molecular formula is C23H27N3O. The fourth-order valence-corrected chi connectivity index (χ4v) is 4.14. The van der Waals surface area contributed by atoms with Gasteiger partial charge in [0.15, 0.2) is 0 Å². The van der Waals surface area contributed by atoms with Crippen LogP contribution in [0.15, 0.2) is 54.6 Å². The summed E-state index contributed by atoms with van der Waals surface area (Å²) < 4.78 is 2.17. The number of para-hydroxylation sites is 3. The molecule has 1 heterocycles. The molecule has 0 bridgehead atoms. The van der Waals surface area contributed by atoms with E-state index in [9.17, 15) is 4.79 Å². The van der Waals surface area contributed by atoms with Gasteiger partial charge < -0.3 is 5.32 Å². The molecule has 0 spiro atoms. The monoisotopic (exact) mass is 361 g/mol. The van der Waals surface area contributed by atoms with Crippen LogP contribution in [0.3, 0.4) is 0 Å². The average Bonchev–Trinajstić information content (AvgIpc) is 3.07. The standard InChI is InChI=1S/C23H27N3O/c1-17-9-5-6-12-19(17)25-23(27)16-15-22-24-20-13-7-8-14-21(20)26(22)18-10-3-2-4-11-18/h2-4,7-8,10-11,13-14,17,19H,5-6,9,12,15-16H2,1H3,(H,25,27). The maximum atomic E-state index is 12.5. The van der Waals surface area contributed by atoms with Crippen molar-refractivity contribution in [2.45, 2.75) is 51.5 Å². The second-order valence-corrected chi connectivity index (χ2v) is 7.62. The Bertz CT molecular complexity index is 916. The summed E-state index contributed by atoms with van der Waals surface area (Å²) in [4.78, 5) is 17.4. The molecule has 2 unspecified atom stereocenters. The van der Waals surface area contributed by atoms with Crippen LogP contribution >= 0.6 is 0 Å². The molecule has 2 aromatic carbocycles. The summed E-state index contributed by atoms with van der Waals surface area (Å²) in [5.74, 6) is 1.66. The molecule has 0 radical (unpaired) electrons. The summed E-state index contributed by atoms with van der Waals surface area (Å²) in [7, 11) is 0. The number of amides is 1. The van der Waals surface area contributed by atoms with E-state index in [2.05, 4.69) is 35.0 Å². The zero-order valence-electron chi connectivity index (χ0n) is 15.9. The molecule has 4 heteroatoms. The van der Waals surface area contributed by atoms with Gasteiger partial charge in [0.25, 0.3) is 0 Å². The Morgan fingerprint density at radius 3 is 2.63 bits per heavy atom. The minimum atomic E-state index is 0.139. The van der Waals surface area contributed by atoms with Crippen LogP contribution in [0.4, 0.5) is 0 Å². The topological polar surface area (TPSA) is 46.9 Å². The normalized spacial score (nSPS) is 19.9. The smallest absolute Gasteiger partial charge is 0.220 e. The Balaban J connectivity index is 1.53. The number of hydrogen-bond donors (Lipinski definition) is 1. The number of imidazole rings is 1. The summed E-state index contributed by atoms with van der Waals surface area (Å²) in [5, 5.41) is 3.26. The third-order valence-electron chi connectivity index (χ3n) is 5.68. The van der Waals surface area contributed by atoms with Crippen LogP contribution in [0.2, 0.25) is 0 Å². The number of aryl methyl sites for hydroxylation is 1. The lowest BCUT2D eigenvalue weighted by Crippen LogP contribution is -2.41. The Labute approximate surface area is 160 Å². The third kappa shape index (κ3) is 3.90. The maximum Gasteiger partial charge on any atom is 0.220 e. The van der Waals surface area contributed by atoms with Crippen molar-refractivity contribution in [3.05, 3.63) is 60.4 Å². The quantitative estimate of drug-likeness (QED) is 0.719. The van der Waals surface area contributed by atoms with Gasteiger partial charge in [-0.05, 0) is 43.0 Å². The second kappa shape index (κ2) is 7.95. The molecule has 1 amide bonds. The van der Waals surface area contributed by atoms with E-state index in [4.69, 9.17) is 4.98 Å². The van der Waals surface area contributed by atoms with Gasteiger partial charge in [0.2, 0.25) is 5.91 Å². The number of carbonyl (C=O) groups excluding carboxylic acids is 1. The summed E-state index contributed by atoms with van der Waals surface area (Å²) >= 11 is 0. The predicted molar refractivity (Wildman–Crippen MR) is 109 cm³/mol. The summed E-state index contributed by atoms with van der Waals surface area (Å²) in [6.45, 7) is 2.25. The minimum absolute atomic E-state index is 0.139. The maximum absolute atomic E-state index is 12.5. The zero-order valence-corrected chi connectivity index (χ0v) is 15.9.